The molecular weight excluding hydrogens is 480 g/mol. The maximum Gasteiger partial charge on any atom is 0.490 e. The Morgan fingerprint density at radius 1 is 1.03 bits per heavy atom. The number of aromatic nitrogens is 2. The predicted molar refractivity (Wildman–Crippen MR) is 114 cm³/mol. The van der Waals surface area contributed by atoms with E-state index < -0.39 is 28.0 Å². The van der Waals surface area contributed by atoms with E-state index >= 15 is 0 Å². The summed E-state index contributed by atoms with van der Waals surface area (Å²) in [6.07, 6.45) is -0.514. The topological polar surface area (TPSA) is 135 Å². The number of nitrogens with one attached hydrogen (secondary N) is 1. The molecule has 13 heteroatoms. The number of carboxylic acid groups (broad SMARTS) is 1. The number of nitrogen functional groups attached to an aromatic ring is 1. The normalized spacial score (nSPS) is 13.6. The zero-order chi connectivity index (χ0) is 25.1. The molecule has 1 saturated carbocycles. The number of anilines is 1. The molecule has 0 saturated heterocycles. The van der Waals surface area contributed by atoms with Gasteiger partial charge in [-0.15, -0.1) is 0 Å². The van der Waals surface area contributed by atoms with Crippen LogP contribution in [0.1, 0.15) is 12.8 Å². The van der Waals surface area contributed by atoms with Crippen molar-refractivity contribution in [1.82, 2.24) is 14.7 Å². The molecule has 1 fully saturated rings. The summed E-state index contributed by atoms with van der Waals surface area (Å²) in [5.74, 6) is -3.14. The lowest BCUT2D eigenvalue weighted by Gasteiger charge is -2.12. The molecule has 1 aliphatic carbocycles. The van der Waals surface area contributed by atoms with Crippen LogP contribution in [0.2, 0.25) is 0 Å². The molecule has 1 aromatic heterocycles. The first-order chi connectivity index (χ1) is 15.9. The van der Waals surface area contributed by atoms with Gasteiger partial charge in [0.05, 0.1) is 4.90 Å². The molecule has 3 aromatic rings. The van der Waals surface area contributed by atoms with E-state index in [4.69, 9.17) is 15.6 Å². The Labute approximate surface area is 191 Å². The number of halogens is 4. The second-order valence-corrected chi connectivity index (χ2v) is 8.90. The molecule has 1 aliphatic rings. The van der Waals surface area contributed by atoms with Gasteiger partial charge in [0.25, 0.3) is 0 Å². The fourth-order valence-corrected chi connectivity index (χ4v) is 4.35. The number of sulfonamides is 1. The van der Waals surface area contributed by atoms with E-state index in [1.807, 2.05) is 0 Å². The van der Waals surface area contributed by atoms with Gasteiger partial charge >= 0.3 is 12.1 Å². The van der Waals surface area contributed by atoms with Gasteiger partial charge in [0.2, 0.25) is 16.0 Å². The number of alkyl halides is 3. The van der Waals surface area contributed by atoms with E-state index in [0.717, 1.165) is 12.8 Å². The monoisotopic (exact) mass is 498 g/mol. The number of benzene rings is 2. The predicted octanol–water partition coefficient (Wildman–Crippen LogP) is 3.61. The molecule has 4 rings (SSSR count). The van der Waals surface area contributed by atoms with E-state index in [2.05, 4.69) is 14.7 Å². The van der Waals surface area contributed by atoms with Crippen LogP contribution in [0, 0.1) is 5.82 Å². The Kier molecular flexibility index (Phi) is 7.17. The largest absolute Gasteiger partial charge is 0.490 e. The molecule has 0 bridgehead atoms. The first-order valence-corrected chi connectivity index (χ1v) is 11.2. The first kappa shape index (κ1) is 25.1. The fraction of sp³-hybridized carbons (Fsp3) is 0.190. The van der Waals surface area contributed by atoms with Crippen LogP contribution < -0.4 is 10.5 Å². The Morgan fingerprint density at radius 3 is 2.15 bits per heavy atom. The second-order valence-electron chi connectivity index (χ2n) is 7.22. The van der Waals surface area contributed by atoms with Gasteiger partial charge in [-0.1, -0.05) is 30.3 Å². The van der Waals surface area contributed by atoms with Gasteiger partial charge in [-0.3, -0.25) is 0 Å². The maximum absolute atomic E-state index is 14.7. The third kappa shape index (κ3) is 6.26. The van der Waals surface area contributed by atoms with Gasteiger partial charge in [0, 0.05) is 35.1 Å². The SMILES string of the molecule is Nc1ncc(-c2ccc(-c3ccccc3S(=O)(=O)NC3CC3)cc2F)cn1.O=C(O)C(F)(F)F. The summed E-state index contributed by atoms with van der Waals surface area (Å²) in [6.45, 7) is 0. The number of aliphatic carboxylic acids is 1. The average Bonchev–Trinajstić information content (AvgIpc) is 3.57. The number of carbonyl (C=O) groups is 1. The number of nitrogens with zero attached hydrogens (tertiary/aromatic N) is 2. The summed E-state index contributed by atoms with van der Waals surface area (Å²) in [5.41, 5.74) is 7.19. The maximum atomic E-state index is 14.7. The van der Waals surface area contributed by atoms with E-state index in [0.29, 0.717) is 22.3 Å². The van der Waals surface area contributed by atoms with Crippen molar-refractivity contribution < 1.29 is 35.9 Å². The number of nitrogens with two attached hydrogens (primary N) is 1. The van der Waals surface area contributed by atoms with Gasteiger partial charge in [-0.25, -0.2) is 32.3 Å². The van der Waals surface area contributed by atoms with Crippen molar-refractivity contribution in [3.63, 3.8) is 0 Å². The van der Waals surface area contributed by atoms with E-state index in [-0.39, 0.29) is 16.9 Å². The van der Waals surface area contributed by atoms with Crippen LogP contribution in [-0.2, 0) is 14.8 Å². The second kappa shape index (κ2) is 9.73. The van der Waals surface area contributed by atoms with Crippen LogP contribution in [0.15, 0.2) is 59.8 Å². The van der Waals surface area contributed by atoms with Gasteiger partial charge in [-0.2, -0.15) is 13.2 Å². The van der Waals surface area contributed by atoms with Crippen LogP contribution in [-0.4, -0.2) is 41.7 Å². The smallest absolute Gasteiger partial charge is 0.475 e. The summed E-state index contributed by atoms with van der Waals surface area (Å²) in [4.78, 5) is 16.8. The summed E-state index contributed by atoms with van der Waals surface area (Å²) in [7, 11) is -3.66. The lowest BCUT2D eigenvalue weighted by atomic mass is 10.0. The van der Waals surface area contributed by atoms with Gasteiger partial charge in [-0.05, 0) is 30.5 Å². The molecule has 4 N–H and O–H groups in total. The fourth-order valence-electron chi connectivity index (χ4n) is 2.82. The molecule has 34 heavy (non-hydrogen) atoms. The van der Waals surface area contributed by atoms with Crippen LogP contribution >= 0.6 is 0 Å². The van der Waals surface area contributed by atoms with Crippen molar-refractivity contribution in [2.75, 3.05) is 5.73 Å². The minimum absolute atomic E-state index is 0.00677. The van der Waals surface area contributed by atoms with E-state index in [1.54, 1.807) is 30.3 Å². The zero-order valence-corrected chi connectivity index (χ0v) is 18.1. The number of hydrogen-bond donors (Lipinski definition) is 3. The Bertz CT molecular complexity index is 1290. The van der Waals surface area contributed by atoms with Crippen LogP contribution in [0.5, 0.6) is 0 Å². The average molecular weight is 498 g/mol. The van der Waals surface area contributed by atoms with Crippen molar-refractivity contribution >= 4 is 21.9 Å². The number of hydrogen-bond acceptors (Lipinski definition) is 6. The Morgan fingerprint density at radius 2 is 1.62 bits per heavy atom. The molecule has 1 heterocycles. The minimum atomic E-state index is -5.08. The summed E-state index contributed by atoms with van der Waals surface area (Å²) >= 11 is 0. The minimum Gasteiger partial charge on any atom is -0.475 e. The molecule has 8 nitrogen and oxygen atoms in total. The zero-order valence-electron chi connectivity index (χ0n) is 17.3. The summed E-state index contributed by atoms with van der Waals surface area (Å²) < 4.78 is 74.4. The van der Waals surface area contributed by atoms with Crippen LogP contribution in [0.3, 0.4) is 0 Å². The lowest BCUT2D eigenvalue weighted by Crippen LogP contribution is -2.26. The summed E-state index contributed by atoms with van der Waals surface area (Å²) in [6, 6.07) is 11.1. The van der Waals surface area contributed by atoms with Crippen molar-refractivity contribution in [1.29, 1.82) is 0 Å². The van der Waals surface area contributed by atoms with Crippen LogP contribution in [0.4, 0.5) is 23.5 Å². The highest BCUT2D eigenvalue weighted by Gasteiger charge is 2.38. The molecule has 0 spiro atoms. The van der Waals surface area contributed by atoms with Gasteiger partial charge < -0.3 is 10.8 Å². The van der Waals surface area contributed by atoms with Crippen molar-refractivity contribution in [3.8, 4) is 22.3 Å². The van der Waals surface area contributed by atoms with Gasteiger partial charge in [0.1, 0.15) is 5.82 Å². The van der Waals surface area contributed by atoms with Crippen molar-refractivity contribution in [2.45, 2.75) is 30.0 Å². The van der Waals surface area contributed by atoms with Crippen molar-refractivity contribution in [2.24, 2.45) is 0 Å². The van der Waals surface area contributed by atoms with E-state index in [9.17, 15) is 26.0 Å². The molecule has 0 atom stereocenters. The quantitative estimate of drug-likeness (QED) is 0.458. The van der Waals surface area contributed by atoms with Crippen molar-refractivity contribution in [3.05, 3.63) is 60.7 Å². The summed E-state index contributed by atoms with van der Waals surface area (Å²) in [5, 5.41) is 7.12. The lowest BCUT2D eigenvalue weighted by molar-refractivity contribution is -0.192. The molecular formula is C21H18F4N4O4S. The van der Waals surface area contributed by atoms with Crippen LogP contribution in [0.25, 0.3) is 22.3 Å². The first-order valence-electron chi connectivity index (χ1n) is 9.68. The third-order valence-electron chi connectivity index (χ3n) is 4.58. The van der Waals surface area contributed by atoms with Gasteiger partial charge in [0.15, 0.2) is 0 Å². The number of carboxylic acids is 1. The molecule has 0 unspecified atom stereocenters. The highest BCUT2D eigenvalue weighted by molar-refractivity contribution is 7.89. The third-order valence-corrected chi connectivity index (χ3v) is 6.16. The molecule has 180 valence electrons. The highest BCUT2D eigenvalue weighted by atomic mass is 32.2. The Hall–Kier alpha value is -3.58. The highest BCUT2D eigenvalue weighted by Crippen LogP contribution is 2.32. The standard InChI is InChI=1S/C19H17FN4O2S.C2HF3O2/c20-17-9-12(5-8-15(17)13-10-22-19(21)23-11-13)16-3-1-2-4-18(16)27(25,26)24-14-6-7-14;3-2(4,5)1(6)7/h1-5,8-11,14,24H,6-7H2,(H2,21,22,23);(H,6,7). The Balaban J connectivity index is 0.000000406. The molecule has 0 amide bonds. The number of rotatable bonds is 5. The molecule has 0 radical (unpaired) electrons. The molecule has 0 aliphatic heterocycles. The van der Waals surface area contributed by atoms with E-state index in [1.165, 1.54) is 24.5 Å². The molecule has 2 aromatic carbocycles.